The summed E-state index contributed by atoms with van der Waals surface area (Å²) in [5.41, 5.74) is 6.81. The van der Waals surface area contributed by atoms with E-state index in [-0.39, 0.29) is 49.3 Å². The average Bonchev–Trinajstić information content (AvgIpc) is 2.93. The number of hydrogen-bond donors (Lipinski definition) is 6. The van der Waals surface area contributed by atoms with Gasteiger partial charge in [0.05, 0.1) is 33.0 Å². The highest BCUT2D eigenvalue weighted by Gasteiger charge is 2.10. The number of hydrogen-bond acceptors (Lipinski definition) is 11. The van der Waals surface area contributed by atoms with Crippen LogP contribution in [0.3, 0.4) is 0 Å². The first-order valence-electron chi connectivity index (χ1n) is 12.2. The molecule has 1 heterocycles. The third kappa shape index (κ3) is 9.86. The van der Waals surface area contributed by atoms with Gasteiger partial charge in [0.25, 0.3) is 5.91 Å². The molecule has 7 N–H and O–H groups in total. The van der Waals surface area contributed by atoms with E-state index in [0.717, 1.165) is 0 Å². The maximum Gasteiger partial charge on any atom is 0.251 e. The molecule has 13 heteroatoms. The van der Waals surface area contributed by atoms with Gasteiger partial charge in [0.15, 0.2) is 0 Å². The normalized spacial score (nSPS) is 10.7. The minimum absolute atomic E-state index is 0.114. The van der Waals surface area contributed by atoms with Gasteiger partial charge in [0.1, 0.15) is 5.82 Å². The van der Waals surface area contributed by atoms with Crippen molar-refractivity contribution in [3.05, 3.63) is 65.5 Å². The second kappa shape index (κ2) is 16.0. The molecule has 0 aliphatic rings. The first kappa shape index (κ1) is 28.7. The van der Waals surface area contributed by atoms with E-state index >= 15 is 0 Å². The number of benzene rings is 2. The van der Waals surface area contributed by atoms with Crippen LogP contribution in [0, 0.1) is 5.82 Å². The summed E-state index contributed by atoms with van der Waals surface area (Å²) in [5.74, 6) is 0.0109. The summed E-state index contributed by atoms with van der Waals surface area (Å²) < 4.78 is 24.6. The molecule has 2 aromatic carbocycles. The summed E-state index contributed by atoms with van der Waals surface area (Å²) in [5, 5.41) is 20.9. The van der Waals surface area contributed by atoms with Crippen LogP contribution < -0.4 is 27.0 Å². The Bertz CT molecular complexity index is 1150. The predicted molar refractivity (Wildman–Crippen MR) is 142 cm³/mol. The van der Waals surface area contributed by atoms with E-state index in [2.05, 4.69) is 36.2 Å². The number of halogens is 1. The quantitative estimate of drug-likeness (QED) is 0.140. The monoisotopic (exact) mass is 528 g/mol. The van der Waals surface area contributed by atoms with Crippen molar-refractivity contribution < 1.29 is 23.8 Å². The second-order valence-corrected chi connectivity index (χ2v) is 7.88. The average molecular weight is 529 g/mol. The molecule has 204 valence electrons. The molecule has 0 unspecified atom stereocenters. The Kier molecular flexibility index (Phi) is 12.1. The molecule has 0 fully saturated rings. The fourth-order valence-corrected chi connectivity index (χ4v) is 3.19. The number of nitrogens with two attached hydrogens (primary N) is 1. The number of aliphatic hydroxyl groups excluding tert-OH is 1. The number of aliphatic hydroxyl groups is 1. The highest BCUT2D eigenvalue weighted by Crippen LogP contribution is 2.18. The van der Waals surface area contributed by atoms with Gasteiger partial charge in [-0.1, -0.05) is 24.3 Å². The molecule has 0 radical (unpaired) electrons. The van der Waals surface area contributed by atoms with Gasteiger partial charge in [-0.15, -0.1) is 0 Å². The maximum absolute atomic E-state index is 14.0. The van der Waals surface area contributed by atoms with E-state index in [9.17, 15) is 9.18 Å². The van der Waals surface area contributed by atoms with Gasteiger partial charge < -0.3 is 41.6 Å². The summed E-state index contributed by atoms with van der Waals surface area (Å²) in [6.07, 6.45) is 0. The Morgan fingerprint density at radius 1 is 0.895 bits per heavy atom. The Balaban J connectivity index is 1.60. The number of nitrogens with zero attached hydrogens (tertiary/aromatic N) is 3. The Morgan fingerprint density at radius 2 is 1.63 bits per heavy atom. The molecule has 0 aliphatic heterocycles. The molecule has 1 amide bonds. The molecule has 3 aromatic rings. The Morgan fingerprint density at radius 3 is 2.39 bits per heavy atom. The molecule has 0 saturated carbocycles. The van der Waals surface area contributed by atoms with Crippen molar-refractivity contribution >= 4 is 29.4 Å². The van der Waals surface area contributed by atoms with Gasteiger partial charge in [0, 0.05) is 43.0 Å². The van der Waals surface area contributed by atoms with Crippen LogP contribution in [0.25, 0.3) is 0 Å². The number of amides is 1. The van der Waals surface area contributed by atoms with Gasteiger partial charge in [-0.3, -0.25) is 4.79 Å². The minimum atomic E-state index is -0.343. The van der Waals surface area contributed by atoms with Crippen LogP contribution in [0.1, 0.15) is 15.9 Å². The lowest BCUT2D eigenvalue weighted by atomic mass is 10.2. The lowest BCUT2D eigenvalue weighted by Gasteiger charge is -2.12. The smallest absolute Gasteiger partial charge is 0.251 e. The second-order valence-electron chi connectivity index (χ2n) is 7.88. The summed E-state index contributed by atoms with van der Waals surface area (Å²) in [4.78, 5) is 25.5. The molecule has 0 aliphatic carbocycles. The van der Waals surface area contributed by atoms with Crippen LogP contribution >= 0.6 is 0 Å². The molecule has 12 nitrogen and oxygen atoms in total. The van der Waals surface area contributed by atoms with E-state index in [0.29, 0.717) is 56.3 Å². The van der Waals surface area contributed by atoms with Crippen LogP contribution in [0.4, 0.5) is 27.9 Å². The summed E-state index contributed by atoms with van der Waals surface area (Å²) in [7, 11) is 0. The third-order valence-electron chi connectivity index (χ3n) is 4.97. The number of ether oxygens (including phenoxy) is 2. The van der Waals surface area contributed by atoms with Crippen molar-refractivity contribution in [2.45, 2.75) is 6.54 Å². The van der Waals surface area contributed by atoms with Crippen molar-refractivity contribution in [3.63, 3.8) is 0 Å². The maximum atomic E-state index is 14.0. The summed E-state index contributed by atoms with van der Waals surface area (Å²) in [6, 6.07) is 13.2. The summed E-state index contributed by atoms with van der Waals surface area (Å²) >= 11 is 0. The number of carbonyl (C=O) groups is 1. The fourth-order valence-electron chi connectivity index (χ4n) is 3.19. The first-order chi connectivity index (χ1) is 18.6. The highest BCUT2D eigenvalue weighted by atomic mass is 19.1. The molecule has 0 atom stereocenters. The zero-order valence-corrected chi connectivity index (χ0v) is 21.0. The van der Waals surface area contributed by atoms with E-state index in [1.165, 1.54) is 6.07 Å². The lowest BCUT2D eigenvalue weighted by Crippen LogP contribution is -2.27. The van der Waals surface area contributed by atoms with Crippen LogP contribution in [-0.4, -0.2) is 78.6 Å². The van der Waals surface area contributed by atoms with Crippen molar-refractivity contribution in [2.75, 3.05) is 68.6 Å². The van der Waals surface area contributed by atoms with E-state index in [1.54, 1.807) is 42.5 Å². The van der Waals surface area contributed by atoms with E-state index < -0.39 is 0 Å². The number of aromatic nitrogens is 3. The summed E-state index contributed by atoms with van der Waals surface area (Å²) in [6.45, 7) is 2.81. The highest BCUT2D eigenvalue weighted by molar-refractivity contribution is 5.95. The molecule has 0 bridgehead atoms. The lowest BCUT2D eigenvalue weighted by molar-refractivity contribution is 0.0511. The van der Waals surface area contributed by atoms with Gasteiger partial charge in [-0.25, -0.2) is 4.39 Å². The molecular formula is C25H33FN8O4. The van der Waals surface area contributed by atoms with Crippen LogP contribution in [-0.2, 0) is 16.0 Å². The Hall–Kier alpha value is -3.91. The van der Waals surface area contributed by atoms with Crippen LogP contribution in [0.5, 0.6) is 0 Å². The van der Waals surface area contributed by atoms with Crippen molar-refractivity contribution in [3.8, 4) is 0 Å². The predicted octanol–water partition coefficient (Wildman–Crippen LogP) is 1.49. The van der Waals surface area contributed by atoms with Gasteiger partial charge in [-0.05, 0) is 24.3 Å². The van der Waals surface area contributed by atoms with E-state index in [4.69, 9.17) is 20.3 Å². The molecule has 38 heavy (non-hydrogen) atoms. The van der Waals surface area contributed by atoms with Crippen molar-refractivity contribution in [2.24, 2.45) is 5.73 Å². The number of anilines is 4. The fraction of sp³-hybridized carbons (Fsp3) is 0.360. The molecule has 0 saturated heterocycles. The molecular weight excluding hydrogens is 495 g/mol. The van der Waals surface area contributed by atoms with Crippen LogP contribution in [0.15, 0.2) is 48.5 Å². The van der Waals surface area contributed by atoms with Gasteiger partial charge in [-0.2, -0.15) is 15.0 Å². The Labute approximate surface area is 220 Å². The minimum Gasteiger partial charge on any atom is -0.395 e. The zero-order chi connectivity index (χ0) is 27.0. The van der Waals surface area contributed by atoms with Crippen LogP contribution in [0.2, 0.25) is 0 Å². The standard InChI is InChI=1S/C25H33FN8O4/c26-21-7-2-1-4-19(21)17-30-24-32-23(29-9-11-35)33-25(34-24)31-20-6-3-5-18(16-20)22(36)28-10-13-38-15-14-37-12-8-27/h1-7,16,35H,8-15,17,27H2,(H,28,36)(H3,29,30,31,32,33,34). The van der Waals surface area contributed by atoms with Crippen molar-refractivity contribution in [1.82, 2.24) is 20.3 Å². The molecule has 0 spiro atoms. The molecule has 3 rings (SSSR count). The van der Waals surface area contributed by atoms with Gasteiger partial charge >= 0.3 is 0 Å². The molecule has 1 aromatic heterocycles. The van der Waals surface area contributed by atoms with Crippen molar-refractivity contribution in [1.29, 1.82) is 0 Å². The van der Waals surface area contributed by atoms with E-state index in [1.807, 2.05) is 0 Å². The first-order valence-corrected chi connectivity index (χ1v) is 12.2. The number of carbonyl (C=O) groups excluding carboxylic acids is 1. The SMILES string of the molecule is NCCOCCOCCNC(=O)c1cccc(Nc2nc(NCCO)nc(NCc3ccccc3F)n2)c1. The zero-order valence-electron chi connectivity index (χ0n) is 21.0. The number of rotatable bonds is 17. The number of nitrogens with one attached hydrogen (secondary N) is 4. The van der Waals surface area contributed by atoms with Gasteiger partial charge in [0.2, 0.25) is 17.8 Å². The topological polar surface area (TPSA) is 169 Å². The largest absolute Gasteiger partial charge is 0.395 e. The third-order valence-corrected chi connectivity index (χ3v) is 4.97.